The van der Waals surface area contributed by atoms with Crippen molar-refractivity contribution >= 4 is 11.9 Å². The number of rotatable bonds is 13. The lowest BCUT2D eigenvalue weighted by Crippen LogP contribution is -2.72. The molecule has 450 valence electrons. The normalized spacial score (nSPS) is 49.7. The molecule has 21 nitrogen and oxygen atoms in total. The van der Waals surface area contributed by atoms with Gasteiger partial charge in [0.2, 0.25) is 0 Å². The molecule has 0 spiro atoms. The zero-order valence-electron chi connectivity index (χ0n) is 48.0. The van der Waals surface area contributed by atoms with Crippen LogP contribution in [0.1, 0.15) is 128 Å². The fraction of sp³-hybridized carbons (Fsp3) is 0.862. The molecule has 21 heteroatoms. The van der Waals surface area contributed by atoms with Gasteiger partial charge in [-0.2, -0.15) is 0 Å². The van der Waals surface area contributed by atoms with E-state index in [4.69, 9.17) is 37.9 Å². The van der Waals surface area contributed by atoms with Gasteiger partial charge in [0.05, 0.1) is 43.5 Å². The van der Waals surface area contributed by atoms with Gasteiger partial charge in [-0.1, -0.05) is 72.3 Å². The zero-order chi connectivity index (χ0) is 58.4. The molecule has 11 N–H and O–H groups in total. The van der Waals surface area contributed by atoms with Gasteiger partial charge in [0.1, 0.15) is 73.2 Å². The molecule has 0 aromatic carbocycles. The lowest BCUT2D eigenvalue weighted by atomic mass is 9.33. The van der Waals surface area contributed by atoms with E-state index in [2.05, 4.69) is 40.7 Å². The Hall–Kier alpha value is -2.52. The van der Waals surface area contributed by atoms with Gasteiger partial charge >= 0.3 is 11.9 Å². The number of aliphatic hydroxyl groups excluding tert-OH is 11. The fourth-order valence-electron chi connectivity index (χ4n) is 16.3. The van der Waals surface area contributed by atoms with Crippen molar-refractivity contribution in [2.45, 2.75) is 245 Å². The van der Waals surface area contributed by atoms with Gasteiger partial charge in [0.25, 0.3) is 0 Å². The minimum Gasteiger partial charge on any atom is -0.454 e. The van der Waals surface area contributed by atoms with Crippen LogP contribution in [0.25, 0.3) is 0 Å². The zero-order valence-corrected chi connectivity index (χ0v) is 48.0. The third kappa shape index (κ3) is 10.1. The van der Waals surface area contributed by atoms with Crippen LogP contribution in [-0.4, -0.2) is 204 Å². The molecule has 8 rings (SSSR count). The van der Waals surface area contributed by atoms with Crippen LogP contribution in [0.2, 0.25) is 0 Å². The minimum absolute atomic E-state index is 0.00336. The first-order valence-electron chi connectivity index (χ1n) is 28.5. The second-order valence-electron chi connectivity index (χ2n) is 26.4. The highest BCUT2D eigenvalue weighted by Crippen LogP contribution is 2.76. The maximum atomic E-state index is 13.8. The number of allylic oxidation sites excluding steroid dienone is 4. The van der Waals surface area contributed by atoms with Crippen LogP contribution in [0.3, 0.4) is 0 Å². The summed E-state index contributed by atoms with van der Waals surface area (Å²) in [5, 5.41) is 122. The average molecular weight is 1130 g/mol. The highest BCUT2D eigenvalue weighted by Gasteiger charge is 2.74. The lowest BCUT2D eigenvalue weighted by Gasteiger charge is -2.72. The Balaban J connectivity index is 1.12. The van der Waals surface area contributed by atoms with Gasteiger partial charge in [-0.3, -0.25) is 0 Å². The van der Waals surface area contributed by atoms with Crippen LogP contribution in [0.5, 0.6) is 0 Å². The molecule has 0 bridgehead atoms. The van der Waals surface area contributed by atoms with Crippen molar-refractivity contribution in [3.05, 3.63) is 34.9 Å². The Bertz CT molecular complexity index is 2300. The van der Waals surface area contributed by atoms with Crippen LogP contribution < -0.4 is 0 Å². The van der Waals surface area contributed by atoms with E-state index in [0.717, 1.165) is 18.4 Å². The summed E-state index contributed by atoms with van der Waals surface area (Å²) in [6.07, 6.45) is -18.9. The first-order valence-corrected chi connectivity index (χ1v) is 28.5. The third-order valence-corrected chi connectivity index (χ3v) is 21.6. The van der Waals surface area contributed by atoms with Crippen LogP contribution >= 0.6 is 0 Å². The number of hydrogen-bond acceptors (Lipinski definition) is 21. The van der Waals surface area contributed by atoms with Crippen molar-refractivity contribution < 1.29 is 104 Å². The molecule has 0 aromatic rings. The predicted molar refractivity (Wildman–Crippen MR) is 279 cm³/mol. The fourth-order valence-corrected chi connectivity index (χ4v) is 16.3. The summed E-state index contributed by atoms with van der Waals surface area (Å²) in [7, 11) is 0. The van der Waals surface area contributed by atoms with Gasteiger partial charge in [0.15, 0.2) is 25.0 Å². The highest BCUT2D eigenvalue weighted by molar-refractivity contribution is 5.88. The second kappa shape index (κ2) is 22.8. The van der Waals surface area contributed by atoms with E-state index >= 15 is 0 Å². The molecule has 8 aliphatic rings. The molecule has 3 saturated heterocycles. The Labute approximate surface area is 463 Å². The maximum absolute atomic E-state index is 13.8. The number of esters is 2. The summed E-state index contributed by atoms with van der Waals surface area (Å²) in [4.78, 5) is 27.4. The second-order valence-corrected chi connectivity index (χ2v) is 26.4. The molecular formula is C58H92O21. The molecule has 0 aromatic heterocycles. The maximum Gasteiger partial charge on any atom is 0.333 e. The SMILES string of the molecule is C/C=C(\C)C(=O)O[C@H]1[C@H](OC(=O)/C(C)=C/C)[C@]2(CO)[C@H](O)C[C@]3(C)C(=CC[C@@H]4[C@@]5(C)CC[C@H](O[C@@H]6O[C@H](CO)[C@@H](O)[C@H](O[C@@H]7O[C@@H](C)[C@H](O)[C@@H](O)[C@H]7O)[C@H]6O[C@@H]6O[C@H](CO)[C@H](O)[C@H](O)[C@H]6O)C(C)(C)[C@@H]5CC[C@]43C)[C@@H]2CC1(C)C. The topological polar surface area (TPSA) is 331 Å². The summed E-state index contributed by atoms with van der Waals surface area (Å²) in [5.41, 5.74) is -2.40. The number of carbonyl (C=O) groups is 2. The summed E-state index contributed by atoms with van der Waals surface area (Å²) >= 11 is 0. The largest absolute Gasteiger partial charge is 0.454 e. The third-order valence-electron chi connectivity index (χ3n) is 21.6. The van der Waals surface area contributed by atoms with E-state index in [0.29, 0.717) is 36.8 Å². The number of ether oxygens (including phenoxy) is 8. The highest BCUT2D eigenvalue weighted by atomic mass is 16.8. The molecule has 0 radical (unpaired) electrons. The Morgan fingerprint density at radius 2 is 1.18 bits per heavy atom. The molecule has 3 heterocycles. The number of carbonyl (C=O) groups excluding carboxylic acids is 2. The smallest absolute Gasteiger partial charge is 0.333 e. The molecule has 7 fully saturated rings. The molecule has 4 saturated carbocycles. The van der Waals surface area contributed by atoms with Gasteiger partial charge in [-0.05, 0) is 119 Å². The molecule has 79 heavy (non-hydrogen) atoms. The van der Waals surface area contributed by atoms with Crippen molar-refractivity contribution in [2.24, 2.45) is 50.2 Å². The molecule has 0 amide bonds. The predicted octanol–water partition coefficient (Wildman–Crippen LogP) is 1.59. The summed E-state index contributed by atoms with van der Waals surface area (Å²) in [6, 6.07) is 0. The Morgan fingerprint density at radius 1 is 0.633 bits per heavy atom. The lowest BCUT2D eigenvalue weighted by molar-refractivity contribution is -0.398. The van der Waals surface area contributed by atoms with Crippen molar-refractivity contribution in [3.63, 3.8) is 0 Å². The number of hydrogen-bond donors (Lipinski definition) is 11. The number of aliphatic hydroxyl groups is 11. The molecule has 5 aliphatic carbocycles. The van der Waals surface area contributed by atoms with Crippen LogP contribution in [0, 0.1) is 50.2 Å². The first-order chi connectivity index (χ1) is 36.9. The van der Waals surface area contributed by atoms with Crippen molar-refractivity contribution in [3.8, 4) is 0 Å². The van der Waals surface area contributed by atoms with E-state index in [1.54, 1.807) is 39.8 Å². The van der Waals surface area contributed by atoms with E-state index in [1.165, 1.54) is 6.92 Å². The van der Waals surface area contributed by atoms with Crippen molar-refractivity contribution in [1.29, 1.82) is 0 Å². The Kier molecular flexibility index (Phi) is 18.1. The van der Waals surface area contributed by atoms with Crippen molar-refractivity contribution in [1.82, 2.24) is 0 Å². The first kappa shape index (κ1) is 62.5. The molecule has 3 aliphatic heterocycles. The average Bonchev–Trinajstić information content (AvgIpc) is 1.74. The van der Waals surface area contributed by atoms with E-state index in [1.807, 2.05) is 13.8 Å². The summed E-state index contributed by atoms with van der Waals surface area (Å²) in [6.45, 7) is 21.2. The van der Waals surface area contributed by atoms with E-state index in [-0.39, 0.29) is 23.7 Å². The van der Waals surface area contributed by atoms with E-state index in [9.17, 15) is 65.8 Å². The monoisotopic (exact) mass is 1120 g/mol. The molecule has 26 atom stereocenters. The van der Waals surface area contributed by atoms with Gasteiger partial charge in [0, 0.05) is 16.6 Å². The van der Waals surface area contributed by atoms with Crippen molar-refractivity contribution in [2.75, 3.05) is 19.8 Å². The minimum atomic E-state index is -1.91. The quantitative estimate of drug-likeness (QED) is 0.0540. The summed E-state index contributed by atoms with van der Waals surface area (Å²) in [5.74, 6) is -1.60. The Morgan fingerprint density at radius 3 is 1.76 bits per heavy atom. The summed E-state index contributed by atoms with van der Waals surface area (Å²) < 4.78 is 50.2. The van der Waals surface area contributed by atoms with Gasteiger partial charge < -0.3 is 94.1 Å². The van der Waals surface area contributed by atoms with E-state index < -0.39 is 181 Å². The van der Waals surface area contributed by atoms with Crippen LogP contribution in [-0.2, 0) is 47.5 Å². The van der Waals surface area contributed by atoms with Crippen LogP contribution in [0.15, 0.2) is 34.9 Å². The number of fused-ring (bicyclic) bond motifs is 7. The molecular weight excluding hydrogens is 1030 g/mol. The van der Waals surface area contributed by atoms with Crippen LogP contribution in [0.4, 0.5) is 0 Å². The van der Waals surface area contributed by atoms with Gasteiger partial charge in [-0.15, -0.1) is 0 Å². The van der Waals surface area contributed by atoms with Gasteiger partial charge in [-0.25, -0.2) is 9.59 Å². The molecule has 0 unspecified atom stereocenters. The standard InChI is InChI=1S/C58H92O21/c1-13-26(3)48(70)78-46-47(79-49(71)27(4)14-2)58(25-61)30(21-53(46,6)7)29-15-16-34-55(10)19-18-36(54(8,9)33(55)17-20-56(34,11)57(29,12)22-35(58)62)75-52-45(77-51-43(69)41(67)38(64)31(23-59)73-51)44(39(65)32(24-60)74-52)76-50-42(68)40(66)37(63)28(5)72-50/h13-15,28,30-47,50-52,59-69H,16-25H2,1-12H3/b26-13+,27-14+/t28-,30-,31+,32+,33-,34+,35+,36-,37-,38-,39+,40+,41-,42+,43+,44-,45+,46-,47-,50-,51-,52-,55-,56+,57+,58-/m0/s1.